The molecule has 0 radical (unpaired) electrons. The molecule has 0 bridgehead atoms. The number of nitrogens with zero attached hydrogens (tertiary/aromatic N) is 1. The quantitative estimate of drug-likeness (QED) is 0.564. The summed E-state index contributed by atoms with van der Waals surface area (Å²) in [6, 6.07) is 19.0. The molecule has 1 aromatic heterocycles. The molecular weight excluding hydrogens is 404 g/mol. The third kappa shape index (κ3) is 6.12. The zero-order valence-electron chi connectivity index (χ0n) is 16.6. The van der Waals surface area contributed by atoms with Crippen LogP contribution in [0.4, 0.5) is 0 Å². The number of nitrogens with one attached hydrogen (secondary N) is 1. The summed E-state index contributed by atoms with van der Waals surface area (Å²) in [5.74, 6) is 0.195. The van der Waals surface area contributed by atoms with E-state index in [2.05, 4.69) is 5.32 Å². The van der Waals surface area contributed by atoms with Crippen molar-refractivity contribution in [1.82, 2.24) is 10.2 Å². The van der Waals surface area contributed by atoms with Crippen molar-refractivity contribution >= 4 is 23.4 Å². The van der Waals surface area contributed by atoms with Gasteiger partial charge >= 0.3 is 0 Å². The summed E-state index contributed by atoms with van der Waals surface area (Å²) in [4.78, 5) is 27.0. The Bertz CT molecular complexity index is 943. The van der Waals surface area contributed by atoms with E-state index in [9.17, 15) is 9.59 Å². The molecule has 30 heavy (non-hydrogen) atoms. The minimum Gasteiger partial charge on any atom is -0.492 e. The molecule has 0 saturated heterocycles. The molecule has 1 N–H and O–H groups in total. The Morgan fingerprint density at radius 1 is 1.07 bits per heavy atom. The molecule has 3 rings (SSSR count). The van der Waals surface area contributed by atoms with E-state index in [1.807, 2.05) is 30.3 Å². The molecule has 2 aromatic carbocycles. The van der Waals surface area contributed by atoms with Gasteiger partial charge in [0.05, 0.1) is 12.8 Å². The Labute approximate surface area is 180 Å². The zero-order valence-corrected chi connectivity index (χ0v) is 17.3. The monoisotopic (exact) mass is 426 g/mol. The summed E-state index contributed by atoms with van der Waals surface area (Å²) < 4.78 is 10.8. The van der Waals surface area contributed by atoms with Crippen LogP contribution in [0.3, 0.4) is 0 Å². The van der Waals surface area contributed by atoms with E-state index in [0.29, 0.717) is 30.3 Å². The standard InChI is InChI=1S/C23H23ClN2O4/c1-26(13-15-29-19-11-9-18(24)10-12-19)23(28)20(16-17-6-3-2-4-7-17)25-22(27)21-8-5-14-30-21/h2-12,14,20H,13,15-16H2,1H3,(H,25,27). The molecule has 7 heteroatoms. The van der Waals surface area contributed by atoms with Gasteiger partial charge in [-0.1, -0.05) is 41.9 Å². The lowest BCUT2D eigenvalue weighted by Gasteiger charge is -2.24. The largest absolute Gasteiger partial charge is 0.492 e. The number of hydrogen-bond acceptors (Lipinski definition) is 4. The Balaban J connectivity index is 1.62. The average molecular weight is 427 g/mol. The van der Waals surface area contributed by atoms with Gasteiger partial charge in [-0.25, -0.2) is 0 Å². The van der Waals surface area contributed by atoms with Crippen LogP contribution in [0.1, 0.15) is 16.1 Å². The van der Waals surface area contributed by atoms with Crippen LogP contribution in [-0.2, 0) is 11.2 Å². The number of benzene rings is 2. The van der Waals surface area contributed by atoms with Gasteiger partial charge in [0, 0.05) is 18.5 Å². The second-order valence-corrected chi connectivity index (χ2v) is 7.19. The van der Waals surface area contributed by atoms with Gasteiger partial charge in [-0.2, -0.15) is 0 Å². The first-order chi connectivity index (χ1) is 14.5. The van der Waals surface area contributed by atoms with Crippen LogP contribution in [-0.4, -0.2) is 43.0 Å². The van der Waals surface area contributed by atoms with Crippen molar-refractivity contribution in [2.75, 3.05) is 20.2 Å². The number of halogens is 1. The average Bonchev–Trinajstić information content (AvgIpc) is 3.30. The summed E-state index contributed by atoms with van der Waals surface area (Å²) in [7, 11) is 1.69. The number of carbonyl (C=O) groups excluding carboxylic acids is 2. The topological polar surface area (TPSA) is 71.8 Å². The molecule has 1 unspecified atom stereocenters. The van der Waals surface area contributed by atoms with Crippen molar-refractivity contribution in [3.8, 4) is 5.75 Å². The SMILES string of the molecule is CN(CCOc1ccc(Cl)cc1)C(=O)C(Cc1ccccc1)NC(=O)c1ccco1. The van der Waals surface area contributed by atoms with E-state index in [1.54, 1.807) is 48.3 Å². The van der Waals surface area contributed by atoms with Gasteiger partial charge in [-0.15, -0.1) is 0 Å². The highest BCUT2D eigenvalue weighted by Crippen LogP contribution is 2.15. The number of likely N-dealkylation sites (N-methyl/N-ethyl adjacent to an activating group) is 1. The predicted molar refractivity (Wildman–Crippen MR) is 115 cm³/mol. The van der Waals surface area contributed by atoms with E-state index >= 15 is 0 Å². The summed E-state index contributed by atoms with van der Waals surface area (Å²) in [5, 5.41) is 3.41. The number of amides is 2. The predicted octanol–water partition coefficient (Wildman–Crippen LogP) is 3.81. The first-order valence-corrected chi connectivity index (χ1v) is 9.92. The van der Waals surface area contributed by atoms with Crippen LogP contribution in [0, 0.1) is 0 Å². The van der Waals surface area contributed by atoms with Crippen molar-refractivity contribution in [2.45, 2.75) is 12.5 Å². The Morgan fingerprint density at radius 3 is 2.47 bits per heavy atom. The van der Waals surface area contributed by atoms with Crippen molar-refractivity contribution in [3.63, 3.8) is 0 Å². The molecule has 156 valence electrons. The first-order valence-electron chi connectivity index (χ1n) is 9.54. The van der Waals surface area contributed by atoms with Crippen LogP contribution in [0.15, 0.2) is 77.4 Å². The van der Waals surface area contributed by atoms with E-state index in [1.165, 1.54) is 6.26 Å². The lowest BCUT2D eigenvalue weighted by atomic mass is 10.0. The molecule has 0 saturated carbocycles. The fraction of sp³-hybridized carbons (Fsp3) is 0.217. The van der Waals surface area contributed by atoms with Gasteiger partial charge in [0.1, 0.15) is 18.4 Å². The van der Waals surface area contributed by atoms with E-state index in [0.717, 1.165) is 5.56 Å². The molecule has 1 heterocycles. The summed E-state index contributed by atoms with van der Waals surface area (Å²) in [6.45, 7) is 0.678. The van der Waals surface area contributed by atoms with Crippen LogP contribution in [0.5, 0.6) is 5.75 Å². The first kappa shape index (κ1) is 21.5. The van der Waals surface area contributed by atoms with Crippen LogP contribution < -0.4 is 10.1 Å². The van der Waals surface area contributed by atoms with Crippen molar-refractivity contribution < 1.29 is 18.7 Å². The Hall–Kier alpha value is -3.25. The molecule has 0 aliphatic rings. The fourth-order valence-electron chi connectivity index (χ4n) is 2.89. The van der Waals surface area contributed by atoms with Crippen molar-refractivity contribution in [1.29, 1.82) is 0 Å². The van der Waals surface area contributed by atoms with E-state index < -0.39 is 11.9 Å². The highest BCUT2D eigenvalue weighted by Gasteiger charge is 2.25. The molecule has 6 nitrogen and oxygen atoms in total. The number of carbonyl (C=O) groups is 2. The van der Waals surface area contributed by atoms with E-state index in [-0.39, 0.29) is 11.7 Å². The molecule has 0 aliphatic carbocycles. The lowest BCUT2D eigenvalue weighted by Crippen LogP contribution is -2.49. The highest BCUT2D eigenvalue weighted by molar-refractivity contribution is 6.30. The minimum atomic E-state index is -0.731. The maximum atomic E-state index is 13.0. The maximum absolute atomic E-state index is 13.0. The molecule has 2 amide bonds. The smallest absolute Gasteiger partial charge is 0.287 e. The Morgan fingerprint density at radius 2 is 1.80 bits per heavy atom. The molecule has 0 aliphatic heterocycles. The minimum absolute atomic E-state index is 0.162. The third-order valence-electron chi connectivity index (χ3n) is 4.52. The maximum Gasteiger partial charge on any atom is 0.287 e. The summed E-state index contributed by atoms with van der Waals surface area (Å²) in [5.41, 5.74) is 0.946. The lowest BCUT2D eigenvalue weighted by molar-refractivity contribution is -0.132. The van der Waals surface area contributed by atoms with Crippen molar-refractivity contribution in [2.24, 2.45) is 0 Å². The molecule has 0 fully saturated rings. The Kier molecular flexibility index (Phi) is 7.51. The highest BCUT2D eigenvalue weighted by atomic mass is 35.5. The van der Waals surface area contributed by atoms with Gasteiger partial charge in [0.25, 0.3) is 5.91 Å². The van der Waals surface area contributed by atoms with Crippen LogP contribution >= 0.6 is 11.6 Å². The summed E-state index contributed by atoms with van der Waals surface area (Å²) >= 11 is 5.87. The van der Waals surface area contributed by atoms with Crippen LogP contribution in [0.2, 0.25) is 5.02 Å². The molecule has 0 spiro atoms. The molecule has 3 aromatic rings. The van der Waals surface area contributed by atoms with Gasteiger partial charge in [-0.05, 0) is 42.0 Å². The fourth-order valence-corrected chi connectivity index (χ4v) is 3.02. The number of hydrogen-bond donors (Lipinski definition) is 1. The summed E-state index contributed by atoms with van der Waals surface area (Å²) in [6.07, 6.45) is 1.79. The van der Waals surface area contributed by atoms with Gasteiger partial charge < -0.3 is 19.4 Å². The van der Waals surface area contributed by atoms with Crippen molar-refractivity contribution in [3.05, 3.63) is 89.3 Å². The number of ether oxygens (including phenoxy) is 1. The number of rotatable bonds is 9. The van der Waals surface area contributed by atoms with Gasteiger partial charge in [-0.3, -0.25) is 9.59 Å². The second-order valence-electron chi connectivity index (χ2n) is 6.76. The third-order valence-corrected chi connectivity index (χ3v) is 4.77. The van der Waals surface area contributed by atoms with Crippen LogP contribution in [0.25, 0.3) is 0 Å². The zero-order chi connectivity index (χ0) is 21.3. The van der Waals surface area contributed by atoms with Gasteiger partial charge in [0.2, 0.25) is 5.91 Å². The second kappa shape index (κ2) is 10.5. The number of furan rings is 1. The molecular formula is C23H23ClN2O4. The van der Waals surface area contributed by atoms with E-state index in [4.69, 9.17) is 20.8 Å². The molecule has 1 atom stereocenters. The normalized spacial score (nSPS) is 11.5. The van der Waals surface area contributed by atoms with Gasteiger partial charge in [0.15, 0.2) is 5.76 Å².